The number of hydrogen-bond donors (Lipinski definition) is 1. The molecule has 0 aromatic heterocycles. The number of carbonyl (C=O) groups is 1. The van der Waals surface area contributed by atoms with Crippen LogP contribution in [0.15, 0.2) is 24.3 Å². The van der Waals surface area contributed by atoms with Gasteiger partial charge in [0.2, 0.25) is 0 Å². The van der Waals surface area contributed by atoms with Crippen LogP contribution in [0.1, 0.15) is 38.8 Å². The van der Waals surface area contributed by atoms with Crippen molar-refractivity contribution in [1.82, 2.24) is 5.32 Å². The van der Waals surface area contributed by atoms with Crippen molar-refractivity contribution >= 4 is 22.0 Å². The predicted octanol–water partition coefficient (Wildman–Crippen LogP) is 4.18. The third kappa shape index (κ3) is 6.05. The van der Waals surface area contributed by atoms with Crippen LogP contribution in [0, 0.1) is 5.82 Å². The summed E-state index contributed by atoms with van der Waals surface area (Å²) < 4.78 is 18.1. The maximum Gasteiger partial charge on any atom is 0.408 e. The van der Waals surface area contributed by atoms with Crippen LogP contribution >= 0.6 is 15.9 Å². The molecule has 0 fully saturated rings. The van der Waals surface area contributed by atoms with Gasteiger partial charge in [0.05, 0.1) is 6.04 Å². The van der Waals surface area contributed by atoms with Gasteiger partial charge in [-0.3, -0.25) is 0 Å². The van der Waals surface area contributed by atoms with Gasteiger partial charge in [-0.25, -0.2) is 9.18 Å². The summed E-state index contributed by atoms with van der Waals surface area (Å²) in [5.41, 5.74) is 0.318. The molecule has 0 saturated carbocycles. The molecular formula is C14H19BrFNO2. The highest BCUT2D eigenvalue weighted by atomic mass is 79.9. The molecule has 0 aliphatic carbocycles. The van der Waals surface area contributed by atoms with Gasteiger partial charge in [0, 0.05) is 5.33 Å². The van der Waals surface area contributed by atoms with Crippen LogP contribution in [0.5, 0.6) is 0 Å². The van der Waals surface area contributed by atoms with E-state index in [1.165, 1.54) is 12.1 Å². The maximum absolute atomic E-state index is 12.9. The molecule has 1 unspecified atom stereocenters. The molecule has 1 rings (SSSR count). The van der Waals surface area contributed by atoms with Gasteiger partial charge in [-0.1, -0.05) is 28.1 Å². The van der Waals surface area contributed by atoms with Crippen molar-refractivity contribution in [2.75, 3.05) is 5.33 Å². The van der Waals surface area contributed by atoms with Crippen LogP contribution in [0.4, 0.5) is 9.18 Å². The van der Waals surface area contributed by atoms with Crippen molar-refractivity contribution < 1.29 is 13.9 Å². The zero-order chi connectivity index (χ0) is 14.5. The van der Waals surface area contributed by atoms with Crippen molar-refractivity contribution in [3.8, 4) is 0 Å². The quantitative estimate of drug-likeness (QED) is 0.840. The van der Waals surface area contributed by atoms with Gasteiger partial charge in [0.1, 0.15) is 11.4 Å². The monoisotopic (exact) mass is 331 g/mol. The highest BCUT2D eigenvalue weighted by Crippen LogP contribution is 2.19. The molecule has 1 aromatic carbocycles. The Kier molecular flexibility index (Phi) is 5.79. The Morgan fingerprint density at radius 3 is 2.42 bits per heavy atom. The largest absolute Gasteiger partial charge is 0.444 e. The molecule has 1 amide bonds. The summed E-state index contributed by atoms with van der Waals surface area (Å²) in [6.07, 6.45) is 0.230. The summed E-state index contributed by atoms with van der Waals surface area (Å²) in [6.45, 7) is 5.43. The number of nitrogens with one attached hydrogen (secondary N) is 1. The minimum atomic E-state index is -0.536. The first-order chi connectivity index (χ1) is 8.81. The Labute approximate surface area is 121 Å². The second-order valence-electron chi connectivity index (χ2n) is 5.23. The lowest BCUT2D eigenvalue weighted by molar-refractivity contribution is 0.0502. The minimum absolute atomic E-state index is 0.199. The van der Waals surface area contributed by atoms with Crippen LogP contribution in [0.2, 0.25) is 0 Å². The highest BCUT2D eigenvalue weighted by molar-refractivity contribution is 9.09. The van der Waals surface area contributed by atoms with Crippen LogP contribution in [-0.4, -0.2) is 17.0 Å². The van der Waals surface area contributed by atoms with E-state index in [0.717, 1.165) is 10.9 Å². The highest BCUT2D eigenvalue weighted by Gasteiger charge is 2.20. The SMILES string of the molecule is CC(C)(C)OC(=O)NC(CCBr)c1ccc(F)cc1. The number of halogens is 2. The van der Waals surface area contributed by atoms with E-state index in [0.29, 0.717) is 6.42 Å². The van der Waals surface area contributed by atoms with Gasteiger partial charge in [-0.2, -0.15) is 0 Å². The molecule has 0 heterocycles. The molecule has 106 valence electrons. The number of benzene rings is 1. The van der Waals surface area contributed by atoms with Gasteiger partial charge in [0.15, 0.2) is 0 Å². The summed E-state index contributed by atoms with van der Waals surface area (Å²) >= 11 is 3.35. The fraction of sp³-hybridized carbons (Fsp3) is 0.500. The lowest BCUT2D eigenvalue weighted by atomic mass is 10.0. The first-order valence-corrected chi connectivity index (χ1v) is 7.25. The van der Waals surface area contributed by atoms with E-state index < -0.39 is 11.7 Å². The number of ether oxygens (including phenoxy) is 1. The summed E-state index contributed by atoms with van der Waals surface area (Å²) in [5.74, 6) is -0.293. The molecule has 1 atom stereocenters. The molecule has 0 aliphatic heterocycles. The van der Waals surface area contributed by atoms with E-state index in [-0.39, 0.29) is 11.9 Å². The van der Waals surface area contributed by atoms with Crippen molar-refractivity contribution in [2.24, 2.45) is 0 Å². The van der Waals surface area contributed by atoms with Crippen LogP contribution in [0.3, 0.4) is 0 Å². The van der Waals surface area contributed by atoms with Gasteiger partial charge in [-0.15, -0.1) is 0 Å². The fourth-order valence-corrected chi connectivity index (χ4v) is 2.03. The number of alkyl carbamates (subject to hydrolysis) is 1. The summed E-state index contributed by atoms with van der Waals surface area (Å²) in [7, 11) is 0. The van der Waals surface area contributed by atoms with E-state index in [4.69, 9.17) is 4.74 Å². The Morgan fingerprint density at radius 2 is 1.95 bits per heavy atom. The molecule has 3 nitrogen and oxygen atoms in total. The zero-order valence-electron chi connectivity index (χ0n) is 11.4. The molecule has 0 aliphatic rings. The molecule has 1 N–H and O–H groups in total. The third-order valence-electron chi connectivity index (χ3n) is 2.36. The lowest BCUT2D eigenvalue weighted by Crippen LogP contribution is -2.35. The van der Waals surface area contributed by atoms with Gasteiger partial charge in [-0.05, 0) is 44.9 Å². The summed E-state index contributed by atoms with van der Waals surface area (Å²) in [6, 6.07) is 5.90. The lowest BCUT2D eigenvalue weighted by Gasteiger charge is -2.23. The zero-order valence-corrected chi connectivity index (χ0v) is 13.0. The van der Waals surface area contributed by atoms with Crippen molar-refractivity contribution in [1.29, 1.82) is 0 Å². The first kappa shape index (κ1) is 16.0. The van der Waals surface area contributed by atoms with Crippen LogP contribution in [0.25, 0.3) is 0 Å². The molecular weight excluding hydrogens is 313 g/mol. The number of carbonyl (C=O) groups excluding carboxylic acids is 1. The second kappa shape index (κ2) is 6.89. The van der Waals surface area contributed by atoms with Crippen molar-refractivity contribution in [3.63, 3.8) is 0 Å². The Balaban J connectivity index is 2.73. The molecule has 0 spiro atoms. The normalized spacial score (nSPS) is 12.9. The van der Waals surface area contributed by atoms with Gasteiger partial charge < -0.3 is 10.1 Å². The van der Waals surface area contributed by atoms with Crippen molar-refractivity contribution in [2.45, 2.75) is 38.8 Å². The number of hydrogen-bond acceptors (Lipinski definition) is 2. The minimum Gasteiger partial charge on any atom is -0.444 e. The average Bonchev–Trinajstić information content (AvgIpc) is 2.27. The number of amides is 1. The van der Waals surface area contributed by atoms with Gasteiger partial charge >= 0.3 is 6.09 Å². The van der Waals surface area contributed by atoms with E-state index >= 15 is 0 Å². The number of rotatable bonds is 4. The Morgan fingerprint density at radius 1 is 1.37 bits per heavy atom. The third-order valence-corrected chi connectivity index (χ3v) is 2.82. The molecule has 0 saturated heterocycles. The first-order valence-electron chi connectivity index (χ1n) is 6.13. The summed E-state index contributed by atoms with van der Waals surface area (Å²) in [5, 5.41) is 3.52. The van der Waals surface area contributed by atoms with E-state index in [1.54, 1.807) is 12.1 Å². The molecule has 1 aromatic rings. The number of alkyl halides is 1. The topological polar surface area (TPSA) is 38.3 Å². The van der Waals surface area contributed by atoms with Crippen LogP contribution < -0.4 is 5.32 Å². The maximum atomic E-state index is 12.9. The summed E-state index contributed by atoms with van der Waals surface area (Å²) in [4.78, 5) is 11.8. The molecule has 19 heavy (non-hydrogen) atoms. The fourth-order valence-electron chi connectivity index (χ4n) is 1.58. The molecule has 0 bridgehead atoms. The molecule has 0 radical (unpaired) electrons. The average molecular weight is 332 g/mol. The predicted molar refractivity (Wildman–Crippen MR) is 76.9 cm³/mol. The standard InChI is InChI=1S/C14H19BrFNO2/c1-14(2,3)19-13(18)17-12(8-9-15)10-4-6-11(16)7-5-10/h4-7,12H,8-9H2,1-3H3,(H,17,18). The van der Waals surface area contributed by atoms with E-state index in [1.807, 2.05) is 20.8 Å². The van der Waals surface area contributed by atoms with Crippen LogP contribution in [-0.2, 0) is 4.74 Å². The smallest absolute Gasteiger partial charge is 0.408 e. The van der Waals surface area contributed by atoms with Crippen molar-refractivity contribution in [3.05, 3.63) is 35.6 Å². The molecule has 5 heteroatoms. The van der Waals surface area contributed by atoms with E-state index in [2.05, 4.69) is 21.2 Å². The second-order valence-corrected chi connectivity index (χ2v) is 6.02. The Hall–Kier alpha value is -1.10. The Bertz CT molecular complexity index is 414. The van der Waals surface area contributed by atoms with Gasteiger partial charge in [0.25, 0.3) is 0 Å². The van der Waals surface area contributed by atoms with E-state index in [9.17, 15) is 9.18 Å².